The van der Waals surface area contributed by atoms with Gasteiger partial charge in [0.05, 0.1) is 31.7 Å². The molecular formula is C25H43N11O11S2. The Morgan fingerprint density at radius 1 is 0.857 bits per heavy atom. The van der Waals surface area contributed by atoms with Crippen molar-refractivity contribution < 1.29 is 53.7 Å². The van der Waals surface area contributed by atoms with Gasteiger partial charge in [-0.25, -0.2) is 0 Å². The Morgan fingerprint density at radius 3 is 2.00 bits per heavy atom. The van der Waals surface area contributed by atoms with Crippen molar-refractivity contribution >= 4 is 74.9 Å². The Balaban J connectivity index is 3.41. The molecule has 0 bridgehead atoms. The van der Waals surface area contributed by atoms with Gasteiger partial charge in [0.15, 0.2) is 5.96 Å². The van der Waals surface area contributed by atoms with Gasteiger partial charge in [0.2, 0.25) is 41.4 Å². The van der Waals surface area contributed by atoms with Crippen molar-refractivity contribution in [1.29, 1.82) is 0 Å². The number of hydrogen-bond donors (Lipinski definition) is 13. The molecule has 7 amide bonds. The van der Waals surface area contributed by atoms with Crippen LogP contribution < -0.4 is 54.8 Å². The van der Waals surface area contributed by atoms with Crippen LogP contribution in [0.25, 0.3) is 0 Å². The van der Waals surface area contributed by atoms with Gasteiger partial charge in [0.1, 0.15) is 30.2 Å². The molecule has 22 nitrogen and oxygen atoms in total. The number of nitrogens with one attached hydrogen (secondary N) is 6. The lowest BCUT2D eigenvalue weighted by Gasteiger charge is -2.26. The summed E-state index contributed by atoms with van der Waals surface area (Å²) in [5, 5.41) is 42.7. The minimum absolute atomic E-state index is 0.0390. The average molecular weight is 738 g/mol. The van der Waals surface area contributed by atoms with Gasteiger partial charge in [-0.1, -0.05) is 21.6 Å². The third kappa shape index (κ3) is 16.0. The molecule has 1 fully saturated rings. The highest BCUT2D eigenvalue weighted by molar-refractivity contribution is 8.76. The van der Waals surface area contributed by atoms with Crippen molar-refractivity contribution in [3.05, 3.63) is 0 Å². The van der Waals surface area contributed by atoms with Crippen LogP contribution in [0, 0.1) is 0 Å². The first-order valence-electron chi connectivity index (χ1n) is 14.6. The van der Waals surface area contributed by atoms with E-state index in [0.717, 1.165) is 28.5 Å². The molecule has 24 heteroatoms. The monoisotopic (exact) mass is 737 g/mol. The molecule has 0 aliphatic carbocycles. The van der Waals surface area contributed by atoms with Crippen LogP contribution in [0.1, 0.15) is 26.2 Å². The third-order valence-corrected chi connectivity index (χ3v) is 8.92. The molecule has 0 aromatic heterocycles. The number of primary amides is 1. The smallest absolute Gasteiger partial charge is 0.305 e. The van der Waals surface area contributed by atoms with Crippen LogP contribution in [-0.2, 0) is 38.4 Å². The van der Waals surface area contributed by atoms with Gasteiger partial charge in [-0.2, -0.15) is 0 Å². The Kier molecular flexibility index (Phi) is 18.8. The summed E-state index contributed by atoms with van der Waals surface area (Å²) >= 11 is 0. The summed E-state index contributed by atoms with van der Waals surface area (Å²) < 4.78 is 0. The van der Waals surface area contributed by atoms with Crippen LogP contribution in [0.2, 0.25) is 0 Å². The third-order valence-electron chi connectivity index (χ3n) is 6.47. The van der Waals surface area contributed by atoms with E-state index in [1.165, 1.54) is 0 Å². The SMILES string of the molecule is C[C@@H](O)[C@@H]1NC(=O)[C@@H](CC(=O)O)NC(=O)[C@H](CO)NC(=O)[C@@H](CCCN=C(N)N)NC(=O)[C@H](N)CSSC[C@H](C(N)=O)NC(=O)CNC1=O. The molecule has 1 aliphatic rings. The van der Waals surface area contributed by atoms with Crippen LogP contribution in [0.4, 0.5) is 0 Å². The highest BCUT2D eigenvalue weighted by Crippen LogP contribution is 2.22. The molecule has 0 spiro atoms. The summed E-state index contributed by atoms with van der Waals surface area (Å²) in [4.78, 5) is 105. The van der Waals surface area contributed by atoms with Gasteiger partial charge < -0.3 is 70.2 Å². The second-order valence-electron chi connectivity index (χ2n) is 10.6. The Morgan fingerprint density at radius 2 is 1.43 bits per heavy atom. The number of nitrogens with zero attached hydrogens (tertiary/aromatic N) is 1. The van der Waals surface area contributed by atoms with E-state index in [2.05, 4.69) is 36.9 Å². The van der Waals surface area contributed by atoms with Gasteiger partial charge in [-0.05, 0) is 19.8 Å². The number of carbonyl (C=O) groups is 8. The largest absolute Gasteiger partial charge is 0.481 e. The minimum Gasteiger partial charge on any atom is -0.481 e. The van der Waals surface area contributed by atoms with Crippen molar-refractivity contribution in [1.82, 2.24) is 31.9 Å². The second kappa shape index (κ2) is 21.6. The molecule has 49 heavy (non-hydrogen) atoms. The van der Waals surface area contributed by atoms with E-state index < -0.39 is 109 Å². The first-order valence-corrected chi connectivity index (χ1v) is 17.1. The van der Waals surface area contributed by atoms with Crippen molar-refractivity contribution in [2.45, 2.75) is 68.5 Å². The van der Waals surface area contributed by atoms with Gasteiger partial charge in [-0.3, -0.25) is 43.3 Å². The normalized spacial score (nSPS) is 26.4. The zero-order valence-corrected chi connectivity index (χ0v) is 28.0. The van der Waals surface area contributed by atoms with Crippen molar-refractivity contribution in [2.24, 2.45) is 27.9 Å². The molecule has 0 aromatic carbocycles. The van der Waals surface area contributed by atoms with E-state index in [-0.39, 0.29) is 36.9 Å². The van der Waals surface area contributed by atoms with E-state index in [0.29, 0.717) is 0 Å². The van der Waals surface area contributed by atoms with Gasteiger partial charge in [0, 0.05) is 18.1 Å². The Bertz CT molecular complexity index is 1250. The van der Waals surface area contributed by atoms with Crippen molar-refractivity contribution in [3.63, 3.8) is 0 Å². The number of aliphatic imine (C=N–C) groups is 1. The van der Waals surface area contributed by atoms with Crippen LogP contribution in [0.5, 0.6) is 0 Å². The first-order chi connectivity index (χ1) is 23.0. The fourth-order valence-electron chi connectivity index (χ4n) is 3.86. The zero-order valence-electron chi connectivity index (χ0n) is 26.4. The fourth-order valence-corrected chi connectivity index (χ4v) is 6.16. The van der Waals surface area contributed by atoms with Crippen LogP contribution >= 0.6 is 21.6 Å². The molecule has 7 atom stereocenters. The predicted molar refractivity (Wildman–Crippen MR) is 176 cm³/mol. The second-order valence-corrected chi connectivity index (χ2v) is 13.1. The highest BCUT2D eigenvalue weighted by atomic mass is 33.1. The number of aliphatic carboxylic acids is 1. The lowest BCUT2D eigenvalue weighted by atomic mass is 10.1. The van der Waals surface area contributed by atoms with Crippen LogP contribution in [-0.4, -0.2) is 142 Å². The van der Waals surface area contributed by atoms with Crippen molar-refractivity contribution in [3.8, 4) is 0 Å². The zero-order chi connectivity index (χ0) is 37.3. The minimum atomic E-state index is -1.89. The number of amides is 7. The maximum Gasteiger partial charge on any atom is 0.305 e. The molecule has 0 unspecified atom stereocenters. The van der Waals surface area contributed by atoms with Crippen LogP contribution in [0.3, 0.4) is 0 Å². The number of aliphatic hydroxyl groups is 2. The topological polar surface area (TPSA) is 386 Å². The molecule has 0 saturated carbocycles. The van der Waals surface area contributed by atoms with Crippen LogP contribution in [0.15, 0.2) is 4.99 Å². The van der Waals surface area contributed by atoms with E-state index in [1.54, 1.807) is 0 Å². The first kappa shape index (κ1) is 42.6. The lowest BCUT2D eigenvalue weighted by Crippen LogP contribution is -2.61. The number of rotatable bonds is 9. The summed E-state index contributed by atoms with van der Waals surface area (Å²) in [6, 6.07) is -9.17. The predicted octanol–water partition coefficient (Wildman–Crippen LogP) is -7.36. The molecule has 1 heterocycles. The van der Waals surface area contributed by atoms with Gasteiger partial charge in [0.25, 0.3) is 0 Å². The summed E-state index contributed by atoms with van der Waals surface area (Å²) in [5.74, 6) is -9.03. The molecule has 1 rings (SSSR count). The number of guanidine groups is 1. The number of aliphatic hydroxyl groups excluding tert-OH is 2. The quantitative estimate of drug-likeness (QED) is 0.0452. The van der Waals surface area contributed by atoms with Crippen molar-refractivity contribution in [2.75, 3.05) is 31.2 Å². The van der Waals surface area contributed by atoms with E-state index in [9.17, 15) is 53.7 Å². The van der Waals surface area contributed by atoms with E-state index in [1.807, 2.05) is 0 Å². The lowest BCUT2D eigenvalue weighted by molar-refractivity contribution is -0.142. The van der Waals surface area contributed by atoms with E-state index >= 15 is 0 Å². The Labute approximate surface area is 287 Å². The van der Waals surface area contributed by atoms with E-state index in [4.69, 9.17) is 22.9 Å². The molecule has 17 N–H and O–H groups in total. The molecule has 1 aliphatic heterocycles. The molecule has 1 saturated heterocycles. The summed E-state index contributed by atoms with van der Waals surface area (Å²) in [5.41, 5.74) is 22.0. The number of carbonyl (C=O) groups excluding carboxylic acids is 7. The molecular weight excluding hydrogens is 694 g/mol. The summed E-state index contributed by atoms with van der Waals surface area (Å²) in [7, 11) is 2.07. The average Bonchev–Trinajstić information content (AvgIpc) is 3.02. The number of hydrogen-bond acceptors (Lipinski definition) is 14. The highest BCUT2D eigenvalue weighted by Gasteiger charge is 2.34. The fraction of sp³-hybridized carbons (Fsp3) is 0.640. The Hall–Kier alpha value is -4.39. The maximum atomic E-state index is 13.2. The van der Waals surface area contributed by atoms with Gasteiger partial charge in [-0.15, -0.1) is 0 Å². The molecule has 276 valence electrons. The molecule has 0 radical (unpaired) electrons. The molecule has 0 aromatic rings. The maximum absolute atomic E-state index is 13.2. The number of nitrogens with two attached hydrogens (primary N) is 4. The summed E-state index contributed by atoms with van der Waals surface area (Å²) in [6.07, 6.45) is -2.54. The van der Waals surface area contributed by atoms with Gasteiger partial charge >= 0.3 is 5.97 Å². The summed E-state index contributed by atoms with van der Waals surface area (Å²) in [6.45, 7) is -0.603. The standard InChI is InChI=1S/C25H43N11O11S2/c1-10(38)18-24(47)31-6-16(39)32-15(19(27)42)9-49-48-8-11(26)20(43)33-12(3-2-4-30-25(28)29)21(44)35-14(7-37)23(46)34-13(5-17(40)41)22(45)36-18/h10-15,18,37-38H,2-9,26H2,1H3,(H2,27,42)(H,31,47)(H,32,39)(H,33,43)(H,34,46)(H,35,44)(H,36,45)(H,40,41)(H4,28,29,30)/t10-,11-,12-,13-,14+,15-,18+/m1/s1. The number of carboxylic acids is 1. The number of carboxylic acid groups (broad SMARTS) is 1.